The summed E-state index contributed by atoms with van der Waals surface area (Å²) in [5, 5.41) is 20.9. The van der Waals surface area contributed by atoms with E-state index >= 15 is 0 Å². The van der Waals surface area contributed by atoms with Gasteiger partial charge in [-0.25, -0.2) is 0 Å². The van der Waals surface area contributed by atoms with Gasteiger partial charge < -0.3 is 10.0 Å². The molecule has 0 spiro atoms. The first-order valence-corrected chi connectivity index (χ1v) is 7.74. The average molecular weight is 339 g/mol. The summed E-state index contributed by atoms with van der Waals surface area (Å²) in [6.07, 6.45) is 0. The van der Waals surface area contributed by atoms with Crippen LogP contribution < -0.4 is 4.90 Å². The van der Waals surface area contributed by atoms with E-state index in [4.69, 9.17) is 0 Å². The summed E-state index contributed by atoms with van der Waals surface area (Å²) in [6.45, 7) is 1.68. The predicted octanol–water partition coefficient (Wildman–Crippen LogP) is 3.58. The van der Waals surface area contributed by atoms with Crippen molar-refractivity contribution in [2.24, 2.45) is 10.9 Å². The normalized spacial score (nSPS) is 19.6. The summed E-state index contributed by atoms with van der Waals surface area (Å²) in [5.41, 5.74) is 2.42. The van der Waals surface area contributed by atoms with Crippen LogP contribution in [0.5, 0.6) is 0 Å². The largest absolute Gasteiger partial charge is 0.481 e. The van der Waals surface area contributed by atoms with Crippen LogP contribution in [-0.2, 0) is 4.79 Å². The number of anilines is 1. The number of carboxylic acids is 1. The van der Waals surface area contributed by atoms with Gasteiger partial charge in [-0.1, -0.05) is 24.3 Å². The molecule has 2 aromatic carbocycles. The molecule has 0 saturated heterocycles. The van der Waals surface area contributed by atoms with Crippen molar-refractivity contribution >= 4 is 28.7 Å². The lowest BCUT2D eigenvalue weighted by Crippen LogP contribution is -2.37. The number of carboxylic acid groups (broad SMARTS) is 1. The monoisotopic (exact) mass is 339 g/mol. The Hall–Kier alpha value is -3.22. The number of hydrogen-bond donors (Lipinski definition) is 1. The van der Waals surface area contributed by atoms with Crippen molar-refractivity contribution < 1.29 is 14.8 Å². The van der Waals surface area contributed by atoms with E-state index in [1.807, 2.05) is 29.2 Å². The maximum atomic E-state index is 12.0. The number of rotatable bonds is 3. The number of nitro benzene ring substituents is 1. The summed E-state index contributed by atoms with van der Waals surface area (Å²) < 4.78 is 0. The minimum atomic E-state index is -1.02. The molecule has 0 amide bonds. The standard InChI is InChI=1S/C18H17N3O4/c1-11-16(18(22)23)17(12-6-5-7-13(10-12)21(24)25)20(2)15-9-4-3-8-14(15)19-11/h3-10,16-17H,1-2H3,(H,22,23). The molecule has 1 N–H and O–H groups in total. The Labute approximate surface area is 144 Å². The molecule has 0 bridgehead atoms. The molecule has 7 heteroatoms. The summed E-state index contributed by atoms with van der Waals surface area (Å²) in [5.74, 6) is -1.93. The van der Waals surface area contributed by atoms with Crippen LogP contribution in [-0.4, -0.2) is 28.8 Å². The van der Waals surface area contributed by atoms with Gasteiger partial charge in [-0.2, -0.15) is 0 Å². The van der Waals surface area contributed by atoms with Crippen molar-refractivity contribution in [1.82, 2.24) is 0 Å². The zero-order valence-corrected chi connectivity index (χ0v) is 13.8. The molecule has 1 aliphatic heterocycles. The van der Waals surface area contributed by atoms with Crippen LogP contribution in [0.3, 0.4) is 0 Å². The van der Waals surface area contributed by atoms with Gasteiger partial charge in [0.05, 0.1) is 22.3 Å². The van der Waals surface area contributed by atoms with Gasteiger partial charge in [0.1, 0.15) is 5.92 Å². The minimum Gasteiger partial charge on any atom is -0.481 e. The van der Waals surface area contributed by atoms with Crippen molar-refractivity contribution in [3.63, 3.8) is 0 Å². The quantitative estimate of drug-likeness (QED) is 0.681. The fraction of sp³-hybridized carbons (Fsp3) is 0.222. The van der Waals surface area contributed by atoms with E-state index in [0.29, 0.717) is 17.0 Å². The number of benzene rings is 2. The van der Waals surface area contributed by atoms with Crippen molar-refractivity contribution in [2.45, 2.75) is 13.0 Å². The van der Waals surface area contributed by atoms with E-state index in [0.717, 1.165) is 5.69 Å². The SMILES string of the molecule is CC1=Nc2ccccc2N(C)C(c2cccc([N+](=O)[O-])c2)C1C(=O)O. The fourth-order valence-corrected chi connectivity index (χ4v) is 3.27. The van der Waals surface area contributed by atoms with E-state index in [-0.39, 0.29) is 5.69 Å². The first-order valence-electron chi connectivity index (χ1n) is 7.74. The molecule has 0 fully saturated rings. The highest BCUT2D eigenvalue weighted by atomic mass is 16.6. The molecule has 128 valence electrons. The molecule has 0 saturated carbocycles. The number of fused-ring (bicyclic) bond motifs is 1. The van der Waals surface area contributed by atoms with Crippen molar-refractivity contribution in [2.75, 3.05) is 11.9 Å². The van der Waals surface area contributed by atoms with Gasteiger partial charge in [0.25, 0.3) is 5.69 Å². The average Bonchev–Trinajstić information content (AvgIpc) is 2.69. The number of nitrogens with zero attached hydrogens (tertiary/aromatic N) is 3. The van der Waals surface area contributed by atoms with E-state index in [1.54, 1.807) is 26.1 Å². The van der Waals surface area contributed by atoms with Gasteiger partial charge >= 0.3 is 5.97 Å². The van der Waals surface area contributed by atoms with Gasteiger partial charge in [-0.3, -0.25) is 19.9 Å². The second-order valence-electron chi connectivity index (χ2n) is 5.97. The number of non-ortho nitro benzene ring substituents is 1. The third kappa shape index (κ3) is 2.96. The number of nitro groups is 1. The Morgan fingerprint density at radius 1 is 1.24 bits per heavy atom. The Kier molecular flexibility index (Phi) is 4.22. The maximum absolute atomic E-state index is 12.0. The Morgan fingerprint density at radius 2 is 1.96 bits per heavy atom. The topological polar surface area (TPSA) is 96.0 Å². The van der Waals surface area contributed by atoms with Crippen LogP contribution in [0, 0.1) is 16.0 Å². The zero-order chi connectivity index (χ0) is 18.1. The van der Waals surface area contributed by atoms with E-state index in [2.05, 4.69) is 4.99 Å². The predicted molar refractivity (Wildman–Crippen MR) is 94.6 cm³/mol. The van der Waals surface area contributed by atoms with Crippen LogP contribution >= 0.6 is 0 Å². The molecule has 3 rings (SSSR count). The number of para-hydroxylation sites is 2. The lowest BCUT2D eigenvalue weighted by atomic mass is 9.88. The highest BCUT2D eigenvalue weighted by Gasteiger charge is 2.38. The van der Waals surface area contributed by atoms with E-state index in [9.17, 15) is 20.0 Å². The first-order chi connectivity index (χ1) is 11.9. The first kappa shape index (κ1) is 16.6. The molecule has 25 heavy (non-hydrogen) atoms. The Bertz CT molecular complexity index is 878. The second kappa shape index (κ2) is 6.35. The van der Waals surface area contributed by atoms with Gasteiger partial charge in [-0.15, -0.1) is 0 Å². The molecule has 2 atom stereocenters. The summed E-state index contributed by atoms with van der Waals surface area (Å²) in [6, 6.07) is 12.9. The fourth-order valence-electron chi connectivity index (χ4n) is 3.27. The lowest BCUT2D eigenvalue weighted by Gasteiger charge is -2.33. The summed E-state index contributed by atoms with van der Waals surface area (Å²) in [4.78, 5) is 28.9. The van der Waals surface area contributed by atoms with Crippen molar-refractivity contribution in [1.29, 1.82) is 0 Å². The van der Waals surface area contributed by atoms with Crippen LogP contribution in [0.2, 0.25) is 0 Å². The van der Waals surface area contributed by atoms with Gasteiger partial charge in [0, 0.05) is 24.9 Å². The highest BCUT2D eigenvalue weighted by Crippen LogP contribution is 2.41. The maximum Gasteiger partial charge on any atom is 0.314 e. The molecule has 0 radical (unpaired) electrons. The number of carbonyl (C=O) groups is 1. The van der Waals surface area contributed by atoms with Crippen LogP contribution in [0.25, 0.3) is 0 Å². The van der Waals surface area contributed by atoms with E-state index in [1.165, 1.54) is 12.1 Å². The molecule has 0 aliphatic carbocycles. The number of aliphatic imine (C=N–C) groups is 1. The second-order valence-corrected chi connectivity index (χ2v) is 5.97. The number of aliphatic carboxylic acids is 1. The zero-order valence-electron chi connectivity index (χ0n) is 13.8. The smallest absolute Gasteiger partial charge is 0.314 e. The Balaban J connectivity index is 2.21. The third-order valence-corrected chi connectivity index (χ3v) is 4.43. The molecule has 7 nitrogen and oxygen atoms in total. The van der Waals surface area contributed by atoms with Crippen molar-refractivity contribution in [3.05, 3.63) is 64.2 Å². The van der Waals surface area contributed by atoms with E-state index < -0.39 is 22.9 Å². The highest BCUT2D eigenvalue weighted by molar-refractivity contribution is 6.04. The van der Waals surface area contributed by atoms with Crippen LogP contribution in [0.15, 0.2) is 53.5 Å². The van der Waals surface area contributed by atoms with Crippen molar-refractivity contribution in [3.8, 4) is 0 Å². The summed E-state index contributed by atoms with van der Waals surface area (Å²) >= 11 is 0. The van der Waals surface area contributed by atoms with Gasteiger partial charge in [0.15, 0.2) is 0 Å². The molecular formula is C18H17N3O4. The molecule has 2 aromatic rings. The summed E-state index contributed by atoms with van der Waals surface area (Å²) in [7, 11) is 1.78. The molecule has 2 unspecified atom stereocenters. The minimum absolute atomic E-state index is 0.0674. The molecule has 1 aliphatic rings. The van der Waals surface area contributed by atoms with Gasteiger partial charge in [-0.05, 0) is 24.6 Å². The lowest BCUT2D eigenvalue weighted by molar-refractivity contribution is -0.384. The molecule has 1 heterocycles. The van der Waals surface area contributed by atoms with Gasteiger partial charge in [0.2, 0.25) is 0 Å². The Morgan fingerprint density at radius 3 is 2.64 bits per heavy atom. The van der Waals surface area contributed by atoms with Crippen LogP contribution in [0.1, 0.15) is 18.5 Å². The molecule has 0 aromatic heterocycles. The third-order valence-electron chi connectivity index (χ3n) is 4.43. The number of hydrogen-bond acceptors (Lipinski definition) is 5. The molecular weight excluding hydrogens is 322 g/mol. The van der Waals surface area contributed by atoms with Crippen LogP contribution in [0.4, 0.5) is 17.1 Å².